The van der Waals surface area contributed by atoms with Crippen molar-refractivity contribution in [3.8, 4) is 0 Å². The molecule has 192 valence electrons. The highest BCUT2D eigenvalue weighted by molar-refractivity contribution is 6.00. The van der Waals surface area contributed by atoms with Crippen LogP contribution >= 0.6 is 0 Å². The number of rotatable bonds is 9. The number of carbonyl (C=O) groups excluding carboxylic acids is 1. The Hall–Kier alpha value is -3.44. The lowest BCUT2D eigenvalue weighted by atomic mass is 9.92. The van der Waals surface area contributed by atoms with Crippen LogP contribution in [0.5, 0.6) is 0 Å². The van der Waals surface area contributed by atoms with Crippen molar-refractivity contribution in [2.75, 3.05) is 37.9 Å². The molecule has 2 aliphatic carbocycles. The predicted molar refractivity (Wildman–Crippen MR) is 136 cm³/mol. The van der Waals surface area contributed by atoms with Crippen molar-refractivity contribution >= 4 is 28.9 Å². The first-order chi connectivity index (χ1) is 17.5. The first kappa shape index (κ1) is 24.3. The minimum absolute atomic E-state index is 0.0554. The average Bonchev–Trinajstić information content (AvgIpc) is 3.57. The smallest absolute Gasteiger partial charge is 0.274 e. The Kier molecular flexibility index (Phi) is 6.67. The molecule has 11 nitrogen and oxygen atoms in total. The summed E-state index contributed by atoms with van der Waals surface area (Å²) in [6.07, 6.45) is 9.03. The molecule has 0 bridgehead atoms. The highest BCUT2D eigenvalue weighted by Gasteiger charge is 2.42. The number of pyridine rings is 1. The molecule has 1 unspecified atom stereocenters. The van der Waals surface area contributed by atoms with Crippen LogP contribution in [0.3, 0.4) is 0 Å². The fourth-order valence-corrected chi connectivity index (χ4v) is 4.91. The number of hydrogen-bond acceptors (Lipinski definition) is 8. The molecule has 2 atom stereocenters. The molecule has 1 amide bonds. The molecule has 3 heterocycles. The van der Waals surface area contributed by atoms with E-state index in [1.165, 1.54) is 6.20 Å². The van der Waals surface area contributed by atoms with E-state index < -0.39 is 0 Å². The third kappa shape index (κ3) is 4.68. The van der Waals surface area contributed by atoms with Gasteiger partial charge in [0.05, 0.1) is 18.9 Å². The van der Waals surface area contributed by atoms with E-state index in [0.29, 0.717) is 35.1 Å². The van der Waals surface area contributed by atoms with Crippen molar-refractivity contribution in [3.63, 3.8) is 0 Å². The largest absolute Gasteiger partial charge is 0.396 e. The van der Waals surface area contributed by atoms with Crippen LogP contribution in [0.25, 0.3) is 5.65 Å². The number of aliphatic hydroxyl groups excluding tert-OH is 1. The third-order valence-electron chi connectivity index (χ3n) is 7.45. The van der Waals surface area contributed by atoms with Gasteiger partial charge in [0.1, 0.15) is 22.9 Å². The van der Waals surface area contributed by atoms with E-state index in [0.717, 1.165) is 38.5 Å². The van der Waals surface area contributed by atoms with Crippen LogP contribution in [0, 0.1) is 5.41 Å². The van der Waals surface area contributed by atoms with Gasteiger partial charge < -0.3 is 30.4 Å². The van der Waals surface area contributed by atoms with E-state index in [-0.39, 0.29) is 35.6 Å². The third-order valence-corrected chi connectivity index (χ3v) is 7.45. The molecule has 0 aromatic carbocycles. The number of amides is 1. The molecule has 4 N–H and O–H groups in total. The Labute approximate surface area is 208 Å². The molecular formula is C25H33N7O4. The molecule has 0 saturated heterocycles. The van der Waals surface area contributed by atoms with E-state index >= 15 is 0 Å². The average molecular weight is 496 g/mol. The SMILES string of the molecule is CNc1cc(Nc2cccn([C@H]3CCCC(OC)C3)c2=O)nc2c(C(=O)NCC3(CO)CC3)cnn12. The van der Waals surface area contributed by atoms with Crippen LogP contribution in [-0.2, 0) is 4.74 Å². The molecule has 0 radical (unpaired) electrons. The van der Waals surface area contributed by atoms with Gasteiger partial charge in [0.25, 0.3) is 11.5 Å². The molecule has 2 aliphatic rings. The number of hydrogen-bond donors (Lipinski definition) is 4. The van der Waals surface area contributed by atoms with Crippen LogP contribution < -0.4 is 21.5 Å². The Morgan fingerprint density at radius 1 is 1.33 bits per heavy atom. The van der Waals surface area contributed by atoms with E-state index in [9.17, 15) is 14.7 Å². The molecule has 5 rings (SSSR count). The number of carbonyl (C=O) groups is 1. The van der Waals surface area contributed by atoms with E-state index in [4.69, 9.17) is 4.74 Å². The monoisotopic (exact) mass is 495 g/mol. The van der Waals surface area contributed by atoms with Gasteiger partial charge in [-0.3, -0.25) is 9.59 Å². The quantitative estimate of drug-likeness (QED) is 0.355. The first-order valence-corrected chi connectivity index (χ1v) is 12.4. The van der Waals surface area contributed by atoms with Crippen LogP contribution in [0.1, 0.15) is 54.9 Å². The predicted octanol–water partition coefficient (Wildman–Crippen LogP) is 2.31. The molecule has 36 heavy (non-hydrogen) atoms. The van der Waals surface area contributed by atoms with Crippen molar-refractivity contribution in [2.24, 2.45) is 5.41 Å². The maximum Gasteiger partial charge on any atom is 0.274 e. The van der Waals surface area contributed by atoms with E-state index in [1.807, 2.05) is 12.3 Å². The standard InChI is InChI=1S/C25H33N7O4/c1-26-21-12-20(29-19-7-4-10-31(24(19)35)16-5-3-6-17(11-16)36-2)30-22-18(13-28-32(21)22)23(34)27-14-25(15-33)8-9-25/h4,7,10,12-13,16-17,26,33H,3,5-6,8-9,11,14-15H2,1-2H3,(H,27,34)(H,29,30)/t16-,17?/m0/s1. The lowest BCUT2D eigenvalue weighted by Crippen LogP contribution is -2.32. The molecular weight excluding hydrogens is 462 g/mol. The van der Waals surface area contributed by atoms with Gasteiger partial charge in [0.15, 0.2) is 5.65 Å². The summed E-state index contributed by atoms with van der Waals surface area (Å²) >= 11 is 0. The minimum Gasteiger partial charge on any atom is -0.396 e. The Balaban J connectivity index is 1.42. The second-order valence-corrected chi connectivity index (χ2v) is 9.85. The van der Waals surface area contributed by atoms with Gasteiger partial charge in [-0.05, 0) is 50.7 Å². The second kappa shape index (κ2) is 9.90. The summed E-state index contributed by atoms with van der Waals surface area (Å²) in [5.41, 5.74) is 0.755. The highest BCUT2D eigenvalue weighted by atomic mass is 16.5. The summed E-state index contributed by atoms with van der Waals surface area (Å²) < 4.78 is 8.87. The number of aliphatic hydroxyl groups is 1. The lowest BCUT2D eigenvalue weighted by molar-refractivity contribution is 0.0525. The van der Waals surface area contributed by atoms with Crippen LogP contribution in [-0.4, -0.2) is 63.6 Å². The summed E-state index contributed by atoms with van der Waals surface area (Å²) in [6, 6.07) is 5.41. The lowest BCUT2D eigenvalue weighted by Gasteiger charge is -2.29. The first-order valence-electron chi connectivity index (χ1n) is 12.4. The molecule has 0 aliphatic heterocycles. The highest BCUT2D eigenvalue weighted by Crippen LogP contribution is 2.44. The van der Waals surface area contributed by atoms with Gasteiger partial charge in [0.2, 0.25) is 0 Å². The van der Waals surface area contributed by atoms with Crippen LogP contribution in [0.4, 0.5) is 17.3 Å². The van der Waals surface area contributed by atoms with Crippen LogP contribution in [0.2, 0.25) is 0 Å². The summed E-state index contributed by atoms with van der Waals surface area (Å²) in [4.78, 5) is 30.9. The minimum atomic E-state index is -0.302. The summed E-state index contributed by atoms with van der Waals surface area (Å²) in [5.74, 6) is 0.731. The maximum absolute atomic E-state index is 13.3. The fourth-order valence-electron chi connectivity index (χ4n) is 4.91. The van der Waals surface area contributed by atoms with Crippen molar-refractivity contribution in [1.29, 1.82) is 0 Å². The van der Waals surface area contributed by atoms with Crippen molar-refractivity contribution in [2.45, 2.75) is 50.7 Å². The number of fused-ring (bicyclic) bond motifs is 1. The number of aromatic nitrogens is 4. The fraction of sp³-hybridized carbons (Fsp3) is 0.520. The Bertz CT molecular complexity index is 1310. The zero-order valence-corrected chi connectivity index (χ0v) is 20.7. The number of nitrogens with one attached hydrogen (secondary N) is 3. The van der Waals surface area contributed by atoms with Crippen LogP contribution in [0.15, 0.2) is 35.4 Å². The van der Waals surface area contributed by atoms with Gasteiger partial charge in [0, 0.05) is 44.4 Å². The number of anilines is 3. The second-order valence-electron chi connectivity index (χ2n) is 9.85. The van der Waals surface area contributed by atoms with Crippen molar-refractivity contribution < 1.29 is 14.6 Å². The molecule has 3 aromatic rings. The van der Waals surface area contributed by atoms with Crippen molar-refractivity contribution in [3.05, 3.63) is 46.5 Å². The molecule has 2 saturated carbocycles. The van der Waals surface area contributed by atoms with Gasteiger partial charge in [-0.25, -0.2) is 4.98 Å². The maximum atomic E-state index is 13.3. The summed E-state index contributed by atoms with van der Waals surface area (Å²) in [6.45, 7) is 0.463. The molecule has 3 aromatic heterocycles. The van der Waals surface area contributed by atoms with Gasteiger partial charge >= 0.3 is 0 Å². The normalized spacial score (nSPS) is 20.8. The number of nitrogens with zero attached hydrogens (tertiary/aromatic N) is 4. The van der Waals surface area contributed by atoms with E-state index in [2.05, 4.69) is 26.0 Å². The molecule has 11 heteroatoms. The summed E-state index contributed by atoms with van der Waals surface area (Å²) in [5, 5.41) is 23.0. The topological polar surface area (TPSA) is 135 Å². The van der Waals surface area contributed by atoms with Gasteiger partial charge in [-0.1, -0.05) is 0 Å². The number of ether oxygens (including phenoxy) is 1. The Morgan fingerprint density at radius 3 is 2.89 bits per heavy atom. The number of methoxy groups -OCH3 is 1. The van der Waals surface area contributed by atoms with Gasteiger partial charge in [-0.2, -0.15) is 9.61 Å². The molecule has 2 fully saturated rings. The van der Waals surface area contributed by atoms with E-state index in [1.54, 1.807) is 35.4 Å². The summed E-state index contributed by atoms with van der Waals surface area (Å²) in [7, 11) is 3.47. The zero-order valence-electron chi connectivity index (χ0n) is 20.7. The van der Waals surface area contributed by atoms with Crippen molar-refractivity contribution in [1.82, 2.24) is 24.5 Å². The molecule has 0 spiro atoms. The Morgan fingerprint density at radius 2 is 2.17 bits per heavy atom. The van der Waals surface area contributed by atoms with Gasteiger partial charge in [-0.15, -0.1) is 0 Å². The zero-order chi connectivity index (χ0) is 25.3.